The highest BCUT2D eigenvalue weighted by molar-refractivity contribution is 5.81. The lowest BCUT2D eigenvalue weighted by molar-refractivity contribution is -0.125. The van der Waals surface area contributed by atoms with Gasteiger partial charge in [0.25, 0.3) is 6.47 Å². The Labute approximate surface area is 118 Å². The van der Waals surface area contributed by atoms with Crippen LogP contribution in [-0.4, -0.2) is 57.3 Å². The third-order valence-electron chi connectivity index (χ3n) is 2.78. The quantitative estimate of drug-likeness (QED) is 0.746. The Morgan fingerprint density at radius 2 is 2.05 bits per heavy atom. The first-order chi connectivity index (χ1) is 9.34. The molecule has 1 amide bonds. The van der Waals surface area contributed by atoms with E-state index in [1.165, 1.54) is 0 Å². The number of carbonyl (C=O) groups excluding carboxylic acids is 1. The van der Waals surface area contributed by atoms with Crippen LogP contribution in [0, 0.1) is 0 Å². The number of rotatable bonds is 5. The Kier molecular flexibility index (Phi) is 8.14. The largest absolute Gasteiger partial charge is 0.483 e. The van der Waals surface area contributed by atoms with Gasteiger partial charge in [-0.25, -0.2) is 0 Å². The van der Waals surface area contributed by atoms with Crippen LogP contribution in [0.15, 0.2) is 6.33 Å². The van der Waals surface area contributed by atoms with Crippen molar-refractivity contribution in [3.63, 3.8) is 0 Å². The number of aromatic nitrogens is 3. The number of carboxylic acid groups (broad SMARTS) is 1. The second kappa shape index (κ2) is 9.03. The molecule has 0 aliphatic rings. The van der Waals surface area contributed by atoms with Crippen molar-refractivity contribution in [1.82, 2.24) is 25.0 Å². The molecule has 20 heavy (non-hydrogen) atoms. The summed E-state index contributed by atoms with van der Waals surface area (Å²) in [7, 11) is 3.75. The van der Waals surface area contributed by atoms with Gasteiger partial charge in [-0.1, -0.05) is 0 Å². The fraction of sp³-hybridized carbons (Fsp3) is 0.667. The predicted octanol–water partition coefficient (Wildman–Crippen LogP) is 0.126. The molecule has 8 nitrogen and oxygen atoms in total. The monoisotopic (exact) mass is 285 g/mol. The fourth-order valence-corrected chi connectivity index (χ4v) is 1.37. The van der Waals surface area contributed by atoms with Gasteiger partial charge in [-0.3, -0.25) is 14.5 Å². The summed E-state index contributed by atoms with van der Waals surface area (Å²) >= 11 is 0. The molecular formula is C12H23N5O3. The van der Waals surface area contributed by atoms with Crippen LogP contribution in [0.5, 0.6) is 0 Å². The number of amides is 1. The van der Waals surface area contributed by atoms with Gasteiger partial charge in [0.05, 0.1) is 12.6 Å². The molecule has 114 valence electrons. The molecule has 0 fully saturated rings. The van der Waals surface area contributed by atoms with Gasteiger partial charge in [-0.05, 0) is 34.9 Å². The van der Waals surface area contributed by atoms with Crippen LogP contribution in [0.3, 0.4) is 0 Å². The van der Waals surface area contributed by atoms with E-state index in [0.29, 0.717) is 12.6 Å². The van der Waals surface area contributed by atoms with Crippen molar-refractivity contribution in [2.75, 3.05) is 14.1 Å². The Morgan fingerprint density at radius 1 is 1.50 bits per heavy atom. The minimum atomic E-state index is -0.250. The summed E-state index contributed by atoms with van der Waals surface area (Å²) in [5, 5.41) is 17.6. The van der Waals surface area contributed by atoms with Gasteiger partial charge < -0.3 is 15.0 Å². The van der Waals surface area contributed by atoms with E-state index in [1.54, 1.807) is 6.33 Å². The van der Waals surface area contributed by atoms with Crippen molar-refractivity contribution in [3.05, 3.63) is 12.2 Å². The lowest BCUT2D eigenvalue weighted by Crippen LogP contribution is -2.41. The Hall–Kier alpha value is -1.96. The molecule has 1 aromatic rings. The van der Waals surface area contributed by atoms with Crippen LogP contribution in [-0.2, 0) is 16.1 Å². The summed E-state index contributed by atoms with van der Waals surface area (Å²) in [4.78, 5) is 22.0. The van der Waals surface area contributed by atoms with Gasteiger partial charge in [0.15, 0.2) is 5.82 Å². The molecule has 0 saturated heterocycles. The highest BCUT2D eigenvalue weighted by atomic mass is 16.3. The van der Waals surface area contributed by atoms with E-state index < -0.39 is 0 Å². The molecule has 0 saturated carbocycles. The summed E-state index contributed by atoms with van der Waals surface area (Å²) in [6.45, 7) is 6.13. The van der Waals surface area contributed by atoms with E-state index in [0.717, 1.165) is 5.82 Å². The number of nitrogens with zero attached hydrogens (tertiary/aromatic N) is 4. The van der Waals surface area contributed by atoms with Crippen LogP contribution in [0.25, 0.3) is 0 Å². The average molecular weight is 285 g/mol. The van der Waals surface area contributed by atoms with Crippen LogP contribution < -0.4 is 5.32 Å². The lowest BCUT2D eigenvalue weighted by Gasteiger charge is -2.19. The maximum atomic E-state index is 11.8. The SMILES string of the molecule is CC(C(=O)NCc1nncn1C(C)C)N(C)C.O=CO. The maximum Gasteiger partial charge on any atom is 0.290 e. The van der Waals surface area contributed by atoms with Crippen LogP contribution in [0.1, 0.15) is 32.6 Å². The summed E-state index contributed by atoms with van der Waals surface area (Å²) in [5.41, 5.74) is 0. The predicted molar refractivity (Wildman–Crippen MR) is 74.1 cm³/mol. The van der Waals surface area contributed by atoms with Crippen molar-refractivity contribution < 1.29 is 14.7 Å². The first-order valence-corrected chi connectivity index (χ1v) is 6.25. The molecule has 0 aliphatic heterocycles. The summed E-state index contributed by atoms with van der Waals surface area (Å²) in [6.07, 6.45) is 1.68. The first-order valence-electron chi connectivity index (χ1n) is 6.25. The van der Waals surface area contributed by atoms with Crippen molar-refractivity contribution in [2.24, 2.45) is 0 Å². The van der Waals surface area contributed by atoms with Gasteiger partial charge in [-0.2, -0.15) is 0 Å². The average Bonchev–Trinajstić information content (AvgIpc) is 2.84. The zero-order valence-corrected chi connectivity index (χ0v) is 12.6. The fourth-order valence-electron chi connectivity index (χ4n) is 1.37. The van der Waals surface area contributed by atoms with Gasteiger partial charge in [-0.15, -0.1) is 10.2 Å². The third-order valence-corrected chi connectivity index (χ3v) is 2.78. The topological polar surface area (TPSA) is 100 Å². The van der Waals surface area contributed by atoms with E-state index in [2.05, 4.69) is 29.4 Å². The second-order valence-electron chi connectivity index (χ2n) is 4.71. The Bertz CT molecular complexity index is 417. The van der Waals surface area contributed by atoms with E-state index in [9.17, 15) is 4.79 Å². The van der Waals surface area contributed by atoms with Crippen molar-refractivity contribution in [3.8, 4) is 0 Å². The molecule has 8 heteroatoms. The molecule has 0 aromatic carbocycles. The van der Waals surface area contributed by atoms with E-state index >= 15 is 0 Å². The molecule has 1 atom stereocenters. The van der Waals surface area contributed by atoms with Crippen molar-refractivity contribution >= 4 is 12.4 Å². The highest BCUT2D eigenvalue weighted by Crippen LogP contribution is 2.06. The normalized spacial score (nSPS) is 11.8. The molecular weight excluding hydrogens is 262 g/mol. The number of nitrogens with one attached hydrogen (secondary N) is 1. The van der Waals surface area contributed by atoms with Crippen molar-refractivity contribution in [2.45, 2.75) is 39.4 Å². The number of hydrogen-bond donors (Lipinski definition) is 2. The summed E-state index contributed by atoms with van der Waals surface area (Å²) in [5.74, 6) is 0.771. The first kappa shape index (κ1) is 18.0. The Morgan fingerprint density at radius 3 is 2.50 bits per heavy atom. The maximum absolute atomic E-state index is 11.8. The molecule has 1 heterocycles. The molecule has 0 radical (unpaired) electrons. The molecule has 2 N–H and O–H groups in total. The third kappa shape index (κ3) is 5.79. The molecule has 0 spiro atoms. The van der Waals surface area contributed by atoms with Gasteiger partial charge in [0.1, 0.15) is 6.33 Å². The summed E-state index contributed by atoms with van der Waals surface area (Å²) < 4.78 is 1.95. The zero-order valence-electron chi connectivity index (χ0n) is 12.6. The second-order valence-corrected chi connectivity index (χ2v) is 4.71. The Balaban J connectivity index is 0.00000110. The minimum absolute atomic E-state index is 0.00620. The molecule has 0 bridgehead atoms. The zero-order chi connectivity index (χ0) is 15.7. The van der Waals surface area contributed by atoms with Gasteiger partial charge >= 0.3 is 0 Å². The summed E-state index contributed by atoms with van der Waals surface area (Å²) in [6, 6.07) is 0.147. The molecule has 0 aliphatic carbocycles. The lowest BCUT2D eigenvalue weighted by atomic mass is 10.3. The number of hydrogen-bond acceptors (Lipinski definition) is 5. The van der Waals surface area contributed by atoms with E-state index in [1.807, 2.05) is 30.5 Å². The standard InChI is InChI=1S/C11H21N5O.CH2O2/c1-8(2)16-7-13-14-10(16)6-12-11(17)9(3)15(4)5;2-1-3/h7-9H,6H2,1-5H3,(H,12,17);1H,(H,2,3). The van der Waals surface area contributed by atoms with Crippen LogP contribution in [0.4, 0.5) is 0 Å². The van der Waals surface area contributed by atoms with E-state index in [-0.39, 0.29) is 18.4 Å². The van der Waals surface area contributed by atoms with Crippen molar-refractivity contribution in [1.29, 1.82) is 0 Å². The molecule has 1 aromatic heterocycles. The number of likely N-dealkylation sites (N-methyl/N-ethyl adjacent to an activating group) is 1. The molecule has 1 rings (SSSR count). The van der Waals surface area contributed by atoms with Gasteiger partial charge in [0.2, 0.25) is 5.91 Å². The van der Waals surface area contributed by atoms with Gasteiger partial charge in [0, 0.05) is 6.04 Å². The van der Waals surface area contributed by atoms with E-state index in [4.69, 9.17) is 9.90 Å². The minimum Gasteiger partial charge on any atom is -0.483 e. The highest BCUT2D eigenvalue weighted by Gasteiger charge is 2.15. The molecule has 1 unspecified atom stereocenters. The van der Waals surface area contributed by atoms with Crippen LogP contribution >= 0.6 is 0 Å². The van der Waals surface area contributed by atoms with Crippen LogP contribution in [0.2, 0.25) is 0 Å². The number of carbonyl (C=O) groups is 2. The smallest absolute Gasteiger partial charge is 0.290 e.